The fourth-order valence-electron chi connectivity index (χ4n) is 1.74. The lowest BCUT2D eigenvalue weighted by atomic mass is 10.1. The largest absolute Gasteiger partial charge is 0.0850 e. The van der Waals surface area contributed by atoms with Crippen LogP contribution in [-0.2, 0) is 0 Å². The first-order valence-electron chi connectivity index (χ1n) is 5.45. The Balaban J connectivity index is 1.88. The number of rotatable bonds is 6. The van der Waals surface area contributed by atoms with Crippen molar-refractivity contribution in [3.63, 3.8) is 0 Å². The van der Waals surface area contributed by atoms with Gasteiger partial charge >= 0.3 is 0 Å². The highest BCUT2D eigenvalue weighted by Crippen LogP contribution is 2.22. The van der Waals surface area contributed by atoms with Gasteiger partial charge < -0.3 is 0 Å². The molecule has 0 unspecified atom stereocenters. The van der Waals surface area contributed by atoms with Gasteiger partial charge in [0.1, 0.15) is 0 Å². The third-order valence-corrected chi connectivity index (χ3v) is 2.54. The average Bonchev–Trinajstić information content (AvgIpc) is 2.57. The molecule has 0 spiro atoms. The summed E-state index contributed by atoms with van der Waals surface area (Å²) in [6.07, 6.45) is 15.8. The highest BCUT2D eigenvalue weighted by molar-refractivity contribution is 5.16. The molecule has 0 aromatic carbocycles. The van der Waals surface area contributed by atoms with Gasteiger partial charge in [-0.3, -0.25) is 0 Å². The van der Waals surface area contributed by atoms with Crippen molar-refractivity contribution in [2.24, 2.45) is 0 Å². The molecule has 1 aliphatic rings. The fourth-order valence-corrected chi connectivity index (χ4v) is 1.74. The molecule has 0 N–H and O–H groups in total. The SMILES string of the molecule is CCCCCC[CH]C1=CCCC1. The molecule has 0 heteroatoms. The van der Waals surface area contributed by atoms with E-state index in [0.717, 1.165) is 0 Å². The molecule has 1 rings (SSSR count). The van der Waals surface area contributed by atoms with E-state index in [9.17, 15) is 0 Å². The monoisotopic (exact) mass is 165 g/mol. The van der Waals surface area contributed by atoms with Crippen LogP contribution in [0.15, 0.2) is 11.6 Å². The van der Waals surface area contributed by atoms with Gasteiger partial charge in [-0.2, -0.15) is 0 Å². The van der Waals surface area contributed by atoms with E-state index in [1.165, 1.54) is 51.4 Å². The van der Waals surface area contributed by atoms with E-state index in [4.69, 9.17) is 0 Å². The number of hydrogen-bond donors (Lipinski definition) is 0. The summed E-state index contributed by atoms with van der Waals surface area (Å²) in [5.74, 6) is 0. The van der Waals surface area contributed by atoms with Crippen molar-refractivity contribution in [1.82, 2.24) is 0 Å². The summed E-state index contributed by atoms with van der Waals surface area (Å²) in [5.41, 5.74) is 1.62. The maximum Gasteiger partial charge on any atom is -0.0138 e. The number of allylic oxidation sites excluding steroid dienone is 2. The van der Waals surface area contributed by atoms with Crippen molar-refractivity contribution in [3.8, 4) is 0 Å². The topological polar surface area (TPSA) is 0 Å². The van der Waals surface area contributed by atoms with Crippen LogP contribution in [0.1, 0.15) is 58.3 Å². The molecule has 0 heterocycles. The minimum Gasteiger partial charge on any atom is -0.0850 e. The summed E-state index contributed by atoms with van der Waals surface area (Å²) in [6, 6.07) is 0. The standard InChI is InChI=1S/C12H21/c1-2-3-4-5-6-9-12-10-7-8-11-12/h9-10H,2-8,11H2,1H3. The molecular formula is C12H21. The van der Waals surface area contributed by atoms with E-state index in [0.29, 0.717) is 0 Å². The summed E-state index contributed by atoms with van der Waals surface area (Å²) in [6.45, 7) is 2.27. The Morgan fingerprint density at radius 3 is 2.92 bits per heavy atom. The molecule has 0 aliphatic heterocycles. The molecule has 0 aromatic heterocycles. The summed E-state index contributed by atoms with van der Waals surface area (Å²) >= 11 is 0. The molecule has 0 bridgehead atoms. The zero-order chi connectivity index (χ0) is 8.65. The Labute approximate surface area is 77.1 Å². The van der Waals surface area contributed by atoms with E-state index >= 15 is 0 Å². The van der Waals surface area contributed by atoms with Gasteiger partial charge in [-0.25, -0.2) is 0 Å². The summed E-state index contributed by atoms with van der Waals surface area (Å²) in [5, 5.41) is 0. The molecule has 1 aliphatic carbocycles. The van der Waals surface area contributed by atoms with E-state index < -0.39 is 0 Å². The van der Waals surface area contributed by atoms with Crippen molar-refractivity contribution >= 4 is 0 Å². The first kappa shape index (κ1) is 9.83. The Hall–Kier alpha value is -0.260. The smallest absolute Gasteiger partial charge is 0.0138 e. The van der Waals surface area contributed by atoms with Crippen LogP contribution in [0.25, 0.3) is 0 Å². The van der Waals surface area contributed by atoms with Crippen LogP contribution in [0.5, 0.6) is 0 Å². The summed E-state index contributed by atoms with van der Waals surface area (Å²) in [4.78, 5) is 0. The van der Waals surface area contributed by atoms with Crippen molar-refractivity contribution in [1.29, 1.82) is 0 Å². The van der Waals surface area contributed by atoms with Crippen LogP contribution in [0.3, 0.4) is 0 Å². The lowest BCUT2D eigenvalue weighted by Crippen LogP contribution is -1.82. The second kappa shape index (κ2) is 6.28. The number of hydrogen-bond acceptors (Lipinski definition) is 0. The van der Waals surface area contributed by atoms with Crippen molar-refractivity contribution < 1.29 is 0 Å². The summed E-state index contributed by atoms with van der Waals surface area (Å²) in [7, 11) is 0. The first-order chi connectivity index (χ1) is 5.93. The quantitative estimate of drug-likeness (QED) is 0.515. The van der Waals surface area contributed by atoms with Gasteiger partial charge in [-0.1, -0.05) is 44.3 Å². The second-order valence-corrected chi connectivity index (χ2v) is 3.72. The maximum absolute atomic E-state index is 2.45. The zero-order valence-corrected chi connectivity index (χ0v) is 8.31. The minimum absolute atomic E-state index is 1.31. The molecule has 0 saturated heterocycles. The predicted molar refractivity (Wildman–Crippen MR) is 55.0 cm³/mol. The Morgan fingerprint density at radius 2 is 2.25 bits per heavy atom. The van der Waals surface area contributed by atoms with Crippen LogP contribution in [-0.4, -0.2) is 0 Å². The molecule has 69 valence electrons. The van der Waals surface area contributed by atoms with Crippen molar-refractivity contribution in [2.75, 3.05) is 0 Å². The lowest BCUT2D eigenvalue weighted by Gasteiger charge is -2.00. The number of unbranched alkanes of at least 4 members (excludes halogenated alkanes) is 4. The first-order valence-corrected chi connectivity index (χ1v) is 5.45. The summed E-state index contributed by atoms with van der Waals surface area (Å²) < 4.78 is 0. The van der Waals surface area contributed by atoms with Crippen LogP contribution in [0.2, 0.25) is 0 Å². The molecule has 0 nitrogen and oxygen atoms in total. The van der Waals surface area contributed by atoms with Gasteiger partial charge in [0.15, 0.2) is 0 Å². The molecular weight excluding hydrogens is 144 g/mol. The van der Waals surface area contributed by atoms with Gasteiger partial charge in [0.05, 0.1) is 0 Å². The Morgan fingerprint density at radius 1 is 1.33 bits per heavy atom. The normalized spacial score (nSPS) is 16.6. The second-order valence-electron chi connectivity index (χ2n) is 3.72. The fraction of sp³-hybridized carbons (Fsp3) is 0.750. The van der Waals surface area contributed by atoms with Gasteiger partial charge in [-0.05, 0) is 32.1 Å². The van der Waals surface area contributed by atoms with Crippen LogP contribution >= 0.6 is 0 Å². The Kier molecular flexibility index (Phi) is 5.14. The third kappa shape index (κ3) is 3.94. The van der Waals surface area contributed by atoms with Gasteiger partial charge in [0.25, 0.3) is 0 Å². The van der Waals surface area contributed by atoms with E-state index in [-0.39, 0.29) is 0 Å². The van der Waals surface area contributed by atoms with Gasteiger partial charge in [0, 0.05) is 0 Å². The van der Waals surface area contributed by atoms with E-state index in [1.807, 2.05) is 0 Å². The van der Waals surface area contributed by atoms with E-state index in [2.05, 4.69) is 19.4 Å². The van der Waals surface area contributed by atoms with Gasteiger partial charge in [0.2, 0.25) is 0 Å². The van der Waals surface area contributed by atoms with Crippen LogP contribution < -0.4 is 0 Å². The van der Waals surface area contributed by atoms with E-state index in [1.54, 1.807) is 5.57 Å². The third-order valence-electron chi connectivity index (χ3n) is 2.54. The molecule has 12 heavy (non-hydrogen) atoms. The zero-order valence-electron chi connectivity index (χ0n) is 8.31. The van der Waals surface area contributed by atoms with Crippen LogP contribution in [0.4, 0.5) is 0 Å². The molecule has 0 saturated carbocycles. The molecule has 0 aromatic rings. The average molecular weight is 165 g/mol. The van der Waals surface area contributed by atoms with Crippen molar-refractivity contribution in [2.45, 2.75) is 58.3 Å². The predicted octanol–water partition coefficient (Wildman–Crippen LogP) is 4.27. The van der Waals surface area contributed by atoms with Crippen LogP contribution in [0, 0.1) is 6.42 Å². The molecule has 0 fully saturated rings. The molecule has 0 amide bonds. The van der Waals surface area contributed by atoms with Gasteiger partial charge in [-0.15, -0.1) is 0 Å². The highest BCUT2D eigenvalue weighted by Gasteiger charge is 2.03. The highest BCUT2D eigenvalue weighted by atomic mass is 14.1. The Bertz CT molecular complexity index is 133. The molecule has 0 atom stereocenters. The molecule has 1 radical (unpaired) electrons. The lowest BCUT2D eigenvalue weighted by molar-refractivity contribution is 0.663. The minimum atomic E-state index is 1.31. The maximum atomic E-state index is 2.45. The van der Waals surface area contributed by atoms with Crippen molar-refractivity contribution in [3.05, 3.63) is 18.1 Å².